The number of hydrogen-bond acceptors (Lipinski definition) is 4. The molecule has 0 heterocycles. The number of ether oxygens (including phenoxy) is 1. The number of rotatable bonds is 3. The molecule has 0 spiro atoms. The van der Waals surface area contributed by atoms with Gasteiger partial charge in [-0.05, 0) is 19.1 Å². The highest BCUT2D eigenvalue weighted by Gasteiger charge is 2.22. The van der Waals surface area contributed by atoms with Crippen molar-refractivity contribution in [3.63, 3.8) is 0 Å². The maximum absolute atomic E-state index is 11.6. The Morgan fingerprint density at radius 2 is 2.06 bits per heavy atom. The number of Topliss-reactive ketones (excluding diaryl/α,β-unsaturated/α-hetero) is 1. The Labute approximate surface area is 108 Å². The van der Waals surface area contributed by atoms with E-state index in [9.17, 15) is 9.59 Å². The van der Waals surface area contributed by atoms with Crippen molar-refractivity contribution in [1.29, 1.82) is 5.26 Å². The predicted molar refractivity (Wildman–Crippen MR) is 62.1 cm³/mol. The van der Waals surface area contributed by atoms with Crippen LogP contribution in [0.4, 0.5) is 0 Å². The number of benzene rings is 1. The van der Waals surface area contributed by atoms with Crippen molar-refractivity contribution in [2.24, 2.45) is 0 Å². The van der Waals surface area contributed by atoms with E-state index in [1.165, 1.54) is 12.1 Å². The van der Waals surface area contributed by atoms with Gasteiger partial charge >= 0.3 is 5.97 Å². The van der Waals surface area contributed by atoms with Crippen molar-refractivity contribution < 1.29 is 14.3 Å². The highest BCUT2D eigenvalue weighted by atomic mass is 35.5. The van der Waals surface area contributed by atoms with Crippen LogP contribution in [0, 0.1) is 11.3 Å². The summed E-state index contributed by atoms with van der Waals surface area (Å²) in [6.45, 7) is 1.66. The van der Waals surface area contributed by atoms with E-state index in [1.807, 2.05) is 0 Å². The van der Waals surface area contributed by atoms with Gasteiger partial charge in [0.05, 0.1) is 22.2 Å². The second-order valence-electron chi connectivity index (χ2n) is 2.95. The van der Waals surface area contributed by atoms with Crippen molar-refractivity contribution in [2.45, 2.75) is 6.92 Å². The first-order valence-electron chi connectivity index (χ1n) is 4.62. The van der Waals surface area contributed by atoms with Gasteiger partial charge < -0.3 is 4.74 Å². The topological polar surface area (TPSA) is 67.2 Å². The second-order valence-corrected chi connectivity index (χ2v) is 3.73. The Morgan fingerprint density at radius 1 is 1.41 bits per heavy atom. The van der Waals surface area contributed by atoms with E-state index in [0.29, 0.717) is 0 Å². The fourth-order valence-electron chi connectivity index (χ4n) is 1.14. The molecule has 0 radical (unpaired) electrons. The number of esters is 1. The SMILES string of the molecule is CCOC(=O)C(=O)c1ccc(Cl)c(C#N)c1Cl. The molecule has 0 bridgehead atoms. The Morgan fingerprint density at radius 3 is 2.59 bits per heavy atom. The van der Waals surface area contributed by atoms with Crippen molar-refractivity contribution in [2.75, 3.05) is 6.61 Å². The lowest BCUT2D eigenvalue weighted by atomic mass is 10.1. The number of nitriles is 1. The van der Waals surface area contributed by atoms with Gasteiger partial charge in [-0.25, -0.2) is 4.79 Å². The van der Waals surface area contributed by atoms with Crippen LogP contribution in [-0.4, -0.2) is 18.4 Å². The Hall–Kier alpha value is -1.57. The van der Waals surface area contributed by atoms with E-state index in [-0.39, 0.29) is 27.8 Å². The average molecular weight is 272 g/mol. The molecular weight excluding hydrogens is 265 g/mol. The standard InChI is InChI=1S/C11H7Cl2NO3/c1-2-17-11(16)10(15)6-3-4-8(12)7(5-14)9(6)13/h3-4H,2H2,1H3. The quantitative estimate of drug-likeness (QED) is 0.482. The number of carbonyl (C=O) groups is 2. The maximum Gasteiger partial charge on any atom is 0.379 e. The summed E-state index contributed by atoms with van der Waals surface area (Å²) in [5.41, 5.74) is -0.130. The van der Waals surface area contributed by atoms with Gasteiger partial charge in [-0.3, -0.25) is 4.79 Å². The zero-order chi connectivity index (χ0) is 13.0. The lowest BCUT2D eigenvalue weighted by Crippen LogP contribution is -2.18. The zero-order valence-corrected chi connectivity index (χ0v) is 10.3. The average Bonchev–Trinajstić information content (AvgIpc) is 2.29. The molecule has 0 aromatic heterocycles. The third-order valence-electron chi connectivity index (χ3n) is 1.91. The number of halogens is 2. The first kappa shape index (κ1) is 13.5. The van der Waals surface area contributed by atoms with Gasteiger partial charge in [-0.2, -0.15) is 5.26 Å². The van der Waals surface area contributed by atoms with E-state index in [2.05, 4.69) is 4.74 Å². The summed E-state index contributed by atoms with van der Waals surface area (Å²) in [5.74, 6) is -1.91. The highest BCUT2D eigenvalue weighted by Crippen LogP contribution is 2.27. The fourth-order valence-corrected chi connectivity index (χ4v) is 1.68. The third kappa shape index (κ3) is 2.76. The molecule has 0 saturated carbocycles. The molecule has 0 saturated heterocycles. The van der Waals surface area contributed by atoms with Gasteiger partial charge in [0.1, 0.15) is 6.07 Å². The van der Waals surface area contributed by atoms with E-state index >= 15 is 0 Å². The minimum atomic E-state index is -1.01. The smallest absolute Gasteiger partial charge is 0.379 e. The molecule has 0 unspecified atom stereocenters. The van der Waals surface area contributed by atoms with Crippen molar-refractivity contribution >= 4 is 35.0 Å². The van der Waals surface area contributed by atoms with E-state index in [0.717, 1.165) is 0 Å². The van der Waals surface area contributed by atoms with Crippen molar-refractivity contribution in [1.82, 2.24) is 0 Å². The minimum absolute atomic E-state index is 0.0384. The molecule has 6 heteroatoms. The summed E-state index contributed by atoms with van der Waals surface area (Å²) in [6, 6.07) is 4.38. The summed E-state index contributed by atoms with van der Waals surface area (Å²) in [4.78, 5) is 22.9. The highest BCUT2D eigenvalue weighted by molar-refractivity contribution is 6.46. The minimum Gasteiger partial charge on any atom is -0.460 e. The molecular formula is C11H7Cl2NO3. The van der Waals surface area contributed by atoms with Gasteiger partial charge in [0.25, 0.3) is 5.78 Å². The van der Waals surface area contributed by atoms with Crippen LogP contribution in [0.5, 0.6) is 0 Å². The molecule has 17 heavy (non-hydrogen) atoms. The monoisotopic (exact) mass is 271 g/mol. The summed E-state index contributed by atoms with van der Waals surface area (Å²) in [6.07, 6.45) is 0. The maximum atomic E-state index is 11.6. The molecule has 0 aliphatic heterocycles. The van der Waals surface area contributed by atoms with Gasteiger partial charge in [0.15, 0.2) is 0 Å². The Kier molecular flexibility index (Phi) is 4.50. The second kappa shape index (κ2) is 5.67. The molecule has 1 aromatic rings. The predicted octanol–water partition coefficient (Wildman–Crippen LogP) is 2.61. The Balaban J connectivity index is 3.21. The van der Waals surface area contributed by atoms with Crippen LogP contribution in [0.2, 0.25) is 10.0 Å². The van der Waals surface area contributed by atoms with E-state index < -0.39 is 11.8 Å². The van der Waals surface area contributed by atoms with Crippen LogP contribution in [0.15, 0.2) is 12.1 Å². The summed E-state index contributed by atoms with van der Waals surface area (Å²) in [7, 11) is 0. The van der Waals surface area contributed by atoms with Gasteiger partial charge in [-0.1, -0.05) is 23.2 Å². The van der Waals surface area contributed by atoms with E-state index in [4.69, 9.17) is 28.5 Å². The molecule has 0 aliphatic carbocycles. The molecule has 0 N–H and O–H groups in total. The normalized spacial score (nSPS) is 9.53. The number of nitrogens with zero attached hydrogens (tertiary/aromatic N) is 1. The van der Waals surface area contributed by atoms with Crippen LogP contribution < -0.4 is 0 Å². The van der Waals surface area contributed by atoms with Crippen molar-refractivity contribution in [3.8, 4) is 6.07 Å². The molecule has 88 valence electrons. The molecule has 1 aromatic carbocycles. The first-order valence-corrected chi connectivity index (χ1v) is 5.38. The van der Waals surface area contributed by atoms with Crippen LogP contribution in [0.25, 0.3) is 0 Å². The molecule has 1 rings (SSSR count). The number of carbonyl (C=O) groups excluding carboxylic acids is 2. The molecule has 0 fully saturated rings. The lowest BCUT2D eigenvalue weighted by Gasteiger charge is -2.05. The van der Waals surface area contributed by atoms with Crippen LogP contribution in [-0.2, 0) is 9.53 Å². The first-order chi connectivity index (χ1) is 8.02. The number of hydrogen-bond donors (Lipinski definition) is 0. The van der Waals surface area contributed by atoms with E-state index in [1.54, 1.807) is 13.0 Å². The zero-order valence-electron chi connectivity index (χ0n) is 8.79. The molecule has 4 nitrogen and oxygen atoms in total. The van der Waals surface area contributed by atoms with Crippen LogP contribution >= 0.6 is 23.2 Å². The van der Waals surface area contributed by atoms with Crippen molar-refractivity contribution in [3.05, 3.63) is 33.3 Å². The molecule has 0 atom stereocenters. The fraction of sp³-hybridized carbons (Fsp3) is 0.182. The largest absolute Gasteiger partial charge is 0.460 e. The molecule has 0 amide bonds. The summed E-state index contributed by atoms with van der Waals surface area (Å²) >= 11 is 11.5. The molecule has 0 aliphatic rings. The van der Waals surface area contributed by atoms with Crippen LogP contribution in [0.1, 0.15) is 22.8 Å². The van der Waals surface area contributed by atoms with Gasteiger partial charge in [0.2, 0.25) is 0 Å². The summed E-state index contributed by atoms with van der Waals surface area (Å²) in [5, 5.41) is 8.78. The summed E-state index contributed by atoms with van der Waals surface area (Å²) < 4.78 is 4.55. The Bertz CT molecular complexity index is 520. The van der Waals surface area contributed by atoms with Gasteiger partial charge in [0, 0.05) is 5.56 Å². The number of ketones is 1. The lowest BCUT2D eigenvalue weighted by molar-refractivity contribution is -0.137. The van der Waals surface area contributed by atoms with Gasteiger partial charge in [-0.15, -0.1) is 0 Å². The van der Waals surface area contributed by atoms with Crippen LogP contribution in [0.3, 0.4) is 0 Å². The third-order valence-corrected chi connectivity index (χ3v) is 2.62.